The minimum atomic E-state index is 0.425. The summed E-state index contributed by atoms with van der Waals surface area (Å²) < 4.78 is 4.42. The van der Waals surface area contributed by atoms with Crippen LogP contribution in [-0.4, -0.2) is 14.1 Å². The van der Waals surface area contributed by atoms with Crippen LogP contribution in [0.25, 0.3) is 10.9 Å². The SMILES string of the molecule is CC(C)n1cncc1Cn1ccc2cc(Cl)ccc21. The largest absolute Gasteiger partial charge is 0.341 e. The van der Waals surface area contributed by atoms with Crippen LogP contribution < -0.4 is 0 Å². The van der Waals surface area contributed by atoms with Gasteiger partial charge in [-0.3, -0.25) is 0 Å². The molecular weight excluding hydrogens is 258 g/mol. The van der Waals surface area contributed by atoms with Crippen LogP contribution in [0.5, 0.6) is 0 Å². The summed E-state index contributed by atoms with van der Waals surface area (Å²) in [5, 5.41) is 1.94. The molecule has 19 heavy (non-hydrogen) atoms. The smallest absolute Gasteiger partial charge is 0.0951 e. The topological polar surface area (TPSA) is 22.8 Å². The first-order valence-corrected chi connectivity index (χ1v) is 6.78. The molecule has 0 unspecified atom stereocenters. The fourth-order valence-electron chi connectivity index (χ4n) is 2.40. The van der Waals surface area contributed by atoms with Crippen LogP contribution in [0.3, 0.4) is 0 Å². The van der Waals surface area contributed by atoms with Crippen molar-refractivity contribution >= 4 is 22.5 Å². The second kappa shape index (κ2) is 4.74. The van der Waals surface area contributed by atoms with Gasteiger partial charge < -0.3 is 9.13 Å². The molecule has 0 amide bonds. The number of halogens is 1. The van der Waals surface area contributed by atoms with Gasteiger partial charge in [0.25, 0.3) is 0 Å². The second-order valence-corrected chi connectivity index (χ2v) is 5.47. The predicted molar refractivity (Wildman–Crippen MR) is 78.7 cm³/mol. The molecule has 0 saturated heterocycles. The Morgan fingerprint density at radius 1 is 1.26 bits per heavy atom. The Labute approximate surface area is 117 Å². The molecule has 2 heterocycles. The molecular formula is C15H16ClN3. The molecule has 0 saturated carbocycles. The Hall–Kier alpha value is -1.74. The summed E-state index contributed by atoms with van der Waals surface area (Å²) in [6.45, 7) is 5.15. The van der Waals surface area contributed by atoms with E-state index in [1.165, 1.54) is 16.6 Å². The first kappa shape index (κ1) is 12.3. The number of aromatic nitrogens is 3. The van der Waals surface area contributed by atoms with Gasteiger partial charge in [-0.1, -0.05) is 11.6 Å². The molecule has 0 aliphatic carbocycles. The zero-order chi connectivity index (χ0) is 13.4. The van der Waals surface area contributed by atoms with E-state index in [0.717, 1.165) is 11.6 Å². The molecule has 0 atom stereocenters. The maximum Gasteiger partial charge on any atom is 0.0951 e. The van der Waals surface area contributed by atoms with Crippen molar-refractivity contribution in [2.45, 2.75) is 26.4 Å². The van der Waals surface area contributed by atoms with Gasteiger partial charge in [0.15, 0.2) is 0 Å². The fourth-order valence-corrected chi connectivity index (χ4v) is 2.58. The van der Waals surface area contributed by atoms with E-state index in [2.05, 4.69) is 46.3 Å². The lowest BCUT2D eigenvalue weighted by Gasteiger charge is -2.12. The molecule has 1 aromatic carbocycles. The fraction of sp³-hybridized carbons (Fsp3) is 0.267. The third kappa shape index (κ3) is 2.26. The van der Waals surface area contributed by atoms with Crippen molar-refractivity contribution in [2.75, 3.05) is 0 Å². The summed E-state index contributed by atoms with van der Waals surface area (Å²) in [7, 11) is 0. The number of imidazole rings is 1. The molecule has 3 aromatic rings. The van der Waals surface area contributed by atoms with Crippen LogP contribution in [0, 0.1) is 0 Å². The summed E-state index contributed by atoms with van der Waals surface area (Å²) in [5.74, 6) is 0. The monoisotopic (exact) mass is 273 g/mol. The van der Waals surface area contributed by atoms with Crippen molar-refractivity contribution in [3.63, 3.8) is 0 Å². The zero-order valence-corrected chi connectivity index (χ0v) is 11.8. The quantitative estimate of drug-likeness (QED) is 0.704. The molecule has 0 aliphatic heterocycles. The molecule has 0 radical (unpaired) electrons. The van der Waals surface area contributed by atoms with E-state index in [1.807, 2.05) is 24.7 Å². The summed E-state index contributed by atoms with van der Waals surface area (Å²) in [6, 6.07) is 8.51. The summed E-state index contributed by atoms with van der Waals surface area (Å²) >= 11 is 6.01. The van der Waals surface area contributed by atoms with Crippen LogP contribution in [-0.2, 0) is 6.54 Å². The van der Waals surface area contributed by atoms with Crippen molar-refractivity contribution in [1.82, 2.24) is 14.1 Å². The normalized spacial score (nSPS) is 11.6. The Balaban J connectivity index is 1.99. The van der Waals surface area contributed by atoms with Crippen molar-refractivity contribution in [1.29, 1.82) is 0 Å². The second-order valence-electron chi connectivity index (χ2n) is 5.03. The highest BCUT2D eigenvalue weighted by Gasteiger charge is 2.08. The van der Waals surface area contributed by atoms with Crippen molar-refractivity contribution in [2.24, 2.45) is 0 Å². The van der Waals surface area contributed by atoms with Gasteiger partial charge in [-0.05, 0) is 38.1 Å². The van der Waals surface area contributed by atoms with Crippen LogP contribution >= 0.6 is 11.6 Å². The lowest BCUT2D eigenvalue weighted by molar-refractivity contribution is 0.564. The third-order valence-electron chi connectivity index (χ3n) is 3.37. The first-order chi connectivity index (χ1) is 9.15. The standard InChI is InChI=1S/C15H16ClN3/c1-11(2)19-10-17-8-14(19)9-18-6-5-12-7-13(16)3-4-15(12)18/h3-8,10-11H,9H2,1-2H3. The molecule has 0 fully saturated rings. The Kier molecular flexibility index (Phi) is 3.07. The van der Waals surface area contributed by atoms with E-state index in [0.29, 0.717) is 6.04 Å². The highest BCUT2D eigenvalue weighted by molar-refractivity contribution is 6.31. The van der Waals surface area contributed by atoms with Crippen molar-refractivity contribution in [3.05, 3.63) is 53.7 Å². The maximum absolute atomic E-state index is 6.01. The van der Waals surface area contributed by atoms with Gasteiger partial charge in [0, 0.05) is 34.4 Å². The van der Waals surface area contributed by atoms with E-state index < -0.39 is 0 Å². The number of nitrogens with zero attached hydrogens (tertiary/aromatic N) is 3. The van der Waals surface area contributed by atoms with Crippen molar-refractivity contribution < 1.29 is 0 Å². The van der Waals surface area contributed by atoms with Crippen LogP contribution in [0.2, 0.25) is 5.02 Å². The summed E-state index contributed by atoms with van der Waals surface area (Å²) in [5.41, 5.74) is 2.41. The predicted octanol–water partition coefficient (Wildman–Crippen LogP) is 4.12. The van der Waals surface area contributed by atoms with Crippen molar-refractivity contribution in [3.8, 4) is 0 Å². The lowest BCUT2D eigenvalue weighted by Crippen LogP contribution is -2.08. The number of rotatable bonds is 3. The molecule has 3 nitrogen and oxygen atoms in total. The van der Waals surface area contributed by atoms with Gasteiger partial charge in [-0.25, -0.2) is 4.98 Å². The Bertz CT molecular complexity index is 709. The van der Waals surface area contributed by atoms with Crippen LogP contribution in [0.4, 0.5) is 0 Å². The molecule has 0 bridgehead atoms. The minimum Gasteiger partial charge on any atom is -0.341 e. The number of hydrogen-bond donors (Lipinski definition) is 0. The highest BCUT2D eigenvalue weighted by atomic mass is 35.5. The molecule has 3 rings (SSSR count). The Morgan fingerprint density at radius 3 is 2.89 bits per heavy atom. The molecule has 0 spiro atoms. The number of benzene rings is 1. The molecule has 0 N–H and O–H groups in total. The van der Waals surface area contributed by atoms with Gasteiger partial charge in [-0.15, -0.1) is 0 Å². The molecule has 4 heteroatoms. The zero-order valence-electron chi connectivity index (χ0n) is 11.0. The van der Waals surface area contributed by atoms with E-state index in [-0.39, 0.29) is 0 Å². The Morgan fingerprint density at radius 2 is 2.11 bits per heavy atom. The lowest BCUT2D eigenvalue weighted by atomic mass is 10.2. The van der Waals surface area contributed by atoms with Gasteiger partial charge >= 0.3 is 0 Å². The van der Waals surface area contributed by atoms with E-state index in [4.69, 9.17) is 11.6 Å². The molecule has 0 aliphatic rings. The first-order valence-electron chi connectivity index (χ1n) is 6.40. The van der Waals surface area contributed by atoms with E-state index >= 15 is 0 Å². The molecule has 98 valence electrons. The highest BCUT2D eigenvalue weighted by Crippen LogP contribution is 2.21. The van der Waals surface area contributed by atoms with Crippen LogP contribution in [0.15, 0.2) is 43.0 Å². The van der Waals surface area contributed by atoms with Crippen LogP contribution in [0.1, 0.15) is 25.6 Å². The molecule has 2 aromatic heterocycles. The van der Waals surface area contributed by atoms with Gasteiger partial charge in [0.1, 0.15) is 0 Å². The van der Waals surface area contributed by atoms with E-state index in [9.17, 15) is 0 Å². The number of fused-ring (bicyclic) bond motifs is 1. The summed E-state index contributed by atoms with van der Waals surface area (Å²) in [6.07, 6.45) is 5.92. The average Bonchev–Trinajstić information content (AvgIpc) is 2.97. The maximum atomic E-state index is 6.01. The summed E-state index contributed by atoms with van der Waals surface area (Å²) in [4.78, 5) is 4.25. The van der Waals surface area contributed by atoms with Gasteiger partial charge in [-0.2, -0.15) is 0 Å². The average molecular weight is 274 g/mol. The van der Waals surface area contributed by atoms with E-state index in [1.54, 1.807) is 0 Å². The minimum absolute atomic E-state index is 0.425. The third-order valence-corrected chi connectivity index (χ3v) is 3.60. The number of hydrogen-bond acceptors (Lipinski definition) is 1. The van der Waals surface area contributed by atoms with Gasteiger partial charge in [0.2, 0.25) is 0 Å². The van der Waals surface area contributed by atoms with Gasteiger partial charge in [0.05, 0.1) is 18.6 Å².